The largest absolute Gasteiger partial charge is 0.376 e. The summed E-state index contributed by atoms with van der Waals surface area (Å²) in [6.45, 7) is 5.00. The van der Waals surface area contributed by atoms with Gasteiger partial charge in [0.2, 0.25) is 5.91 Å². The summed E-state index contributed by atoms with van der Waals surface area (Å²) in [6.07, 6.45) is 3.30. The molecule has 1 aromatic rings. The molecule has 1 aliphatic rings. The second-order valence-electron chi connectivity index (χ2n) is 5.95. The number of benzene rings is 1. The van der Waals surface area contributed by atoms with Crippen LogP contribution in [0, 0.1) is 13.8 Å². The molecule has 1 fully saturated rings. The highest BCUT2D eigenvalue weighted by Crippen LogP contribution is 2.26. The summed E-state index contributed by atoms with van der Waals surface area (Å²) < 4.78 is 29.0. The lowest BCUT2D eigenvalue weighted by Gasteiger charge is -2.16. The van der Waals surface area contributed by atoms with Crippen LogP contribution in [0.2, 0.25) is 0 Å². The van der Waals surface area contributed by atoms with Gasteiger partial charge in [-0.1, -0.05) is 6.07 Å². The molecule has 2 N–H and O–H groups in total. The molecule has 1 saturated heterocycles. The predicted octanol–water partition coefficient (Wildman–Crippen LogP) is 1.41. The first-order valence-corrected chi connectivity index (χ1v) is 9.60. The molecule has 1 amide bonds. The number of carbonyl (C=O) groups is 1. The zero-order valence-corrected chi connectivity index (χ0v) is 14.6. The monoisotopic (exact) mass is 340 g/mol. The van der Waals surface area contributed by atoms with Crippen LogP contribution in [-0.2, 0) is 19.4 Å². The molecule has 0 aromatic heterocycles. The van der Waals surface area contributed by atoms with Crippen molar-refractivity contribution in [3.8, 4) is 0 Å². The molecule has 1 atom stereocenters. The van der Waals surface area contributed by atoms with Crippen LogP contribution >= 0.6 is 0 Å². The van der Waals surface area contributed by atoms with Gasteiger partial charge in [-0.05, 0) is 43.9 Å². The summed E-state index contributed by atoms with van der Waals surface area (Å²) in [5, 5.41) is 5.89. The molecule has 23 heavy (non-hydrogen) atoms. The SMILES string of the molecule is Cc1ccc(S(C)(=O)=O)c(C)c1NCC(=O)NCC1CCCO1. The lowest BCUT2D eigenvalue weighted by Crippen LogP contribution is -2.35. The third kappa shape index (κ3) is 4.68. The Morgan fingerprint density at radius 1 is 1.35 bits per heavy atom. The van der Waals surface area contributed by atoms with Gasteiger partial charge in [0.1, 0.15) is 0 Å². The number of hydrogen-bond donors (Lipinski definition) is 2. The van der Waals surface area contributed by atoms with E-state index in [1.807, 2.05) is 6.92 Å². The van der Waals surface area contributed by atoms with Crippen LogP contribution in [0.25, 0.3) is 0 Å². The highest BCUT2D eigenvalue weighted by atomic mass is 32.2. The van der Waals surface area contributed by atoms with Crippen molar-refractivity contribution in [3.05, 3.63) is 23.3 Å². The molecule has 6 nitrogen and oxygen atoms in total. The van der Waals surface area contributed by atoms with Crippen LogP contribution in [0.15, 0.2) is 17.0 Å². The number of carbonyl (C=O) groups excluding carboxylic acids is 1. The second-order valence-corrected chi connectivity index (χ2v) is 7.93. The lowest BCUT2D eigenvalue weighted by atomic mass is 10.1. The Hall–Kier alpha value is -1.60. The Bertz CT molecular complexity index is 680. The number of nitrogens with one attached hydrogen (secondary N) is 2. The number of amides is 1. The molecule has 0 spiro atoms. The summed E-state index contributed by atoms with van der Waals surface area (Å²) >= 11 is 0. The molecule has 0 saturated carbocycles. The zero-order chi connectivity index (χ0) is 17.0. The number of aryl methyl sites for hydroxylation is 1. The van der Waals surface area contributed by atoms with E-state index >= 15 is 0 Å². The van der Waals surface area contributed by atoms with Gasteiger partial charge in [0.15, 0.2) is 9.84 Å². The number of anilines is 1. The van der Waals surface area contributed by atoms with Crippen LogP contribution in [0.4, 0.5) is 5.69 Å². The molecular formula is C16H24N2O4S. The Labute approximate surface area is 137 Å². The number of sulfone groups is 1. The molecule has 7 heteroatoms. The van der Waals surface area contributed by atoms with Crippen LogP contribution < -0.4 is 10.6 Å². The number of rotatable bonds is 6. The third-order valence-corrected chi connectivity index (χ3v) is 5.24. The quantitative estimate of drug-likeness (QED) is 0.818. The van der Waals surface area contributed by atoms with E-state index in [0.717, 1.165) is 25.0 Å². The zero-order valence-electron chi connectivity index (χ0n) is 13.8. The maximum Gasteiger partial charge on any atom is 0.239 e. The normalized spacial score (nSPS) is 18.0. The van der Waals surface area contributed by atoms with Gasteiger partial charge in [0.25, 0.3) is 0 Å². The van der Waals surface area contributed by atoms with E-state index in [0.29, 0.717) is 17.8 Å². The highest BCUT2D eigenvalue weighted by Gasteiger charge is 2.17. The van der Waals surface area contributed by atoms with Gasteiger partial charge in [-0.2, -0.15) is 0 Å². The van der Waals surface area contributed by atoms with Crippen LogP contribution in [0.3, 0.4) is 0 Å². The number of hydrogen-bond acceptors (Lipinski definition) is 5. The van der Waals surface area contributed by atoms with Crippen molar-refractivity contribution >= 4 is 21.4 Å². The Morgan fingerprint density at radius 3 is 2.70 bits per heavy atom. The molecular weight excluding hydrogens is 316 g/mol. The lowest BCUT2D eigenvalue weighted by molar-refractivity contribution is -0.119. The molecule has 0 bridgehead atoms. The fourth-order valence-electron chi connectivity index (χ4n) is 2.77. The first kappa shape index (κ1) is 17.7. The van der Waals surface area contributed by atoms with Crippen molar-refractivity contribution in [2.45, 2.75) is 37.7 Å². The molecule has 1 aromatic carbocycles. The minimum Gasteiger partial charge on any atom is -0.376 e. The summed E-state index contributed by atoms with van der Waals surface area (Å²) in [5.74, 6) is -0.135. The molecule has 0 radical (unpaired) electrons. The number of ether oxygens (including phenoxy) is 1. The van der Waals surface area contributed by atoms with Crippen molar-refractivity contribution in [2.24, 2.45) is 0 Å². The average Bonchev–Trinajstić information content (AvgIpc) is 2.96. The van der Waals surface area contributed by atoms with Crippen molar-refractivity contribution < 1.29 is 17.9 Å². The molecule has 2 rings (SSSR count). The van der Waals surface area contributed by atoms with E-state index < -0.39 is 9.84 Å². The van der Waals surface area contributed by atoms with E-state index in [1.165, 1.54) is 6.26 Å². The molecule has 0 aliphatic carbocycles. The van der Waals surface area contributed by atoms with E-state index in [4.69, 9.17) is 4.74 Å². The molecule has 1 unspecified atom stereocenters. The van der Waals surface area contributed by atoms with Crippen molar-refractivity contribution in [3.63, 3.8) is 0 Å². The van der Waals surface area contributed by atoms with Crippen molar-refractivity contribution in [1.82, 2.24) is 5.32 Å². The molecule has 128 valence electrons. The maximum absolute atomic E-state index is 11.9. The maximum atomic E-state index is 11.9. The highest BCUT2D eigenvalue weighted by molar-refractivity contribution is 7.90. The third-order valence-electron chi connectivity index (χ3n) is 4.00. The van der Waals surface area contributed by atoms with Gasteiger partial charge in [-0.15, -0.1) is 0 Å². The van der Waals surface area contributed by atoms with Crippen molar-refractivity contribution in [2.75, 3.05) is 31.3 Å². The second kappa shape index (κ2) is 7.31. The molecule has 1 aliphatic heterocycles. The minimum absolute atomic E-state index is 0.0988. The van der Waals surface area contributed by atoms with Crippen LogP contribution in [0.1, 0.15) is 24.0 Å². The minimum atomic E-state index is -3.29. The summed E-state index contributed by atoms with van der Waals surface area (Å²) in [7, 11) is -3.29. The Morgan fingerprint density at radius 2 is 2.09 bits per heavy atom. The predicted molar refractivity (Wildman–Crippen MR) is 89.5 cm³/mol. The summed E-state index contributed by atoms with van der Waals surface area (Å²) in [6, 6.07) is 3.35. The molecule has 1 heterocycles. The van der Waals surface area contributed by atoms with Crippen molar-refractivity contribution in [1.29, 1.82) is 0 Å². The van der Waals surface area contributed by atoms with E-state index in [1.54, 1.807) is 19.1 Å². The summed E-state index contributed by atoms with van der Waals surface area (Å²) in [4.78, 5) is 12.2. The topological polar surface area (TPSA) is 84.5 Å². The van der Waals surface area contributed by atoms with Crippen LogP contribution in [0.5, 0.6) is 0 Å². The van der Waals surface area contributed by atoms with E-state index in [9.17, 15) is 13.2 Å². The standard InChI is InChI=1S/C16H24N2O4S/c1-11-6-7-14(23(3,20)21)12(2)16(11)18-10-15(19)17-9-13-5-4-8-22-13/h6-7,13,18H,4-5,8-10H2,1-3H3,(H,17,19). The first-order valence-electron chi connectivity index (χ1n) is 7.71. The van der Waals surface area contributed by atoms with Gasteiger partial charge < -0.3 is 15.4 Å². The van der Waals surface area contributed by atoms with Gasteiger partial charge in [0, 0.05) is 25.1 Å². The van der Waals surface area contributed by atoms with E-state index in [-0.39, 0.29) is 23.5 Å². The van der Waals surface area contributed by atoms with Crippen LogP contribution in [-0.4, -0.2) is 46.4 Å². The first-order chi connectivity index (χ1) is 10.8. The average molecular weight is 340 g/mol. The smallest absolute Gasteiger partial charge is 0.239 e. The van der Waals surface area contributed by atoms with Gasteiger partial charge in [0.05, 0.1) is 17.5 Å². The van der Waals surface area contributed by atoms with Gasteiger partial charge in [-0.25, -0.2) is 8.42 Å². The fraction of sp³-hybridized carbons (Fsp3) is 0.562. The fourth-order valence-corrected chi connectivity index (χ4v) is 3.74. The van der Waals surface area contributed by atoms with Gasteiger partial charge >= 0.3 is 0 Å². The summed E-state index contributed by atoms with van der Waals surface area (Å²) in [5.41, 5.74) is 2.24. The van der Waals surface area contributed by atoms with E-state index in [2.05, 4.69) is 10.6 Å². The Balaban J connectivity index is 1.98. The Kier molecular flexibility index (Phi) is 5.64. The van der Waals surface area contributed by atoms with Gasteiger partial charge in [-0.3, -0.25) is 4.79 Å².